The summed E-state index contributed by atoms with van der Waals surface area (Å²) in [6.45, 7) is 27.3. The molecule has 255 valence electrons. The minimum atomic E-state index is -0.179. The molecule has 2 atom stereocenters. The van der Waals surface area contributed by atoms with Crippen molar-refractivity contribution in [2.75, 3.05) is 0 Å². The second kappa shape index (κ2) is 16.4. The molecule has 0 bridgehead atoms. The van der Waals surface area contributed by atoms with Gasteiger partial charge in [-0.05, 0) is 57.8 Å². The van der Waals surface area contributed by atoms with E-state index in [1.165, 1.54) is 24.3 Å². The van der Waals surface area contributed by atoms with Gasteiger partial charge in [-0.1, -0.05) is 108 Å². The van der Waals surface area contributed by atoms with Gasteiger partial charge >= 0.3 is 0 Å². The van der Waals surface area contributed by atoms with Crippen LogP contribution in [0.4, 0.5) is 0 Å². The Hall–Kier alpha value is -2.48. The van der Waals surface area contributed by atoms with Crippen LogP contribution in [0.5, 0.6) is 11.5 Å². The largest absolute Gasteiger partial charge is 0.542 e. The Bertz CT molecular complexity index is 1220. The maximum Gasteiger partial charge on any atom is 0.128 e. The number of nitrogens with zero attached hydrogens (tertiary/aromatic N) is 2. The Morgan fingerprint density at radius 2 is 0.933 bits per heavy atom. The second-order valence-corrected chi connectivity index (χ2v) is 16.1. The number of aliphatic imine (C=N–C) groups is 2. The third-order valence-electron chi connectivity index (χ3n) is 8.13. The number of aromatic hydroxyl groups is 2. The molecule has 0 spiro atoms. The molecular formula is C38H59CoN2O4-. The summed E-state index contributed by atoms with van der Waals surface area (Å²) in [5.41, 5.74) is 5.39. The summed E-state index contributed by atoms with van der Waals surface area (Å²) in [4.78, 5) is 18.7. The van der Waals surface area contributed by atoms with Gasteiger partial charge < -0.3 is 20.5 Å². The molecular weight excluding hydrogens is 607 g/mol. The number of hydrogen-bond donors (Lipinski definition) is 2. The average molecular weight is 667 g/mol. The molecule has 0 amide bonds. The van der Waals surface area contributed by atoms with E-state index in [2.05, 4.69) is 107 Å². The normalized spacial score (nSPS) is 17.7. The van der Waals surface area contributed by atoms with Crippen LogP contribution in [0.2, 0.25) is 0 Å². The zero-order valence-corrected chi connectivity index (χ0v) is 31.0. The standard InChI is InChI=1S/C36H54N2O2.C2H3O.Co.H2O/c1-33(2,3)25-17-23(31(39)27(19-25)35(7,8)9)21-37-29-15-13-14-16-30(29)38-22-24-18-26(34(4,5)6)20-28(32(24)40)36(10,11)12;1-2-3;;/h17-22,29-30,39-40H,13-16H2,1-12H3;1H3;;1H2/q;-1;;/t29-,30-;;;/m0.../s1. The number of phenolic OH excluding ortho intramolecular Hbond substituents is 2. The molecule has 1 fully saturated rings. The summed E-state index contributed by atoms with van der Waals surface area (Å²) in [6, 6.07) is 8.53. The monoisotopic (exact) mass is 666 g/mol. The zero-order valence-electron chi connectivity index (χ0n) is 30.0. The van der Waals surface area contributed by atoms with Crippen LogP contribution < -0.4 is 0 Å². The van der Waals surface area contributed by atoms with Gasteiger partial charge in [-0.15, -0.1) is 0 Å². The molecule has 0 unspecified atom stereocenters. The fraction of sp³-hybridized carbons (Fsp3) is 0.605. The van der Waals surface area contributed by atoms with Crippen LogP contribution in [0.1, 0.15) is 149 Å². The van der Waals surface area contributed by atoms with E-state index in [4.69, 9.17) is 14.8 Å². The van der Waals surface area contributed by atoms with Crippen LogP contribution in [0.15, 0.2) is 34.3 Å². The van der Waals surface area contributed by atoms with Crippen LogP contribution in [-0.2, 0) is 43.2 Å². The van der Waals surface area contributed by atoms with Crippen LogP contribution in [0.25, 0.3) is 0 Å². The molecule has 6 nitrogen and oxygen atoms in total. The van der Waals surface area contributed by atoms with Crippen molar-refractivity contribution in [1.82, 2.24) is 0 Å². The van der Waals surface area contributed by atoms with Gasteiger partial charge in [0, 0.05) is 51.5 Å². The maximum atomic E-state index is 11.2. The van der Waals surface area contributed by atoms with Gasteiger partial charge in [-0.3, -0.25) is 16.3 Å². The van der Waals surface area contributed by atoms with E-state index in [9.17, 15) is 10.2 Å². The Balaban J connectivity index is 0.00000372. The Labute approximate surface area is 283 Å². The summed E-state index contributed by atoms with van der Waals surface area (Å²) in [7, 11) is 0. The minimum Gasteiger partial charge on any atom is -0.542 e. The van der Waals surface area contributed by atoms with Gasteiger partial charge in [-0.25, -0.2) is 0 Å². The molecule has 4 N–H and O–H groups in total. The fourth-order valence-electron chi connectivity index (χ4n) is 5.31. The summed E-state index contributed by atoms with van der Waals surface area (Å²) in [5.74, 6) is 0.637. The van der Waals surface area contributed by atoms with Gasteiger partial charge in [0.2, 0.25) is 0 Å². The van der Waals surface area contributed by atoms with Crippen molar-refractivity contribution < 1.29 is 37.3 Å². The Kier molecular flexibility index (Phi) is 15.5. The first-order valence-electron chi connectivity index (χ1n) is 15.7. The number of carbonyl (C=O) groups excluding carboxylic acids is 1. The minimum absolute atomic E-state index is 0. The fourth-order valence-corrected chi connectivity index (χ4v) is 5.31. The number of hydrogen-bond acceptors (Lipinski definition) is 5. The van der Waals surface area contributed by atoms with Crippen molar-refractivity contribution in [3.63, 3.8) is 0 Å². The molecule has 0 aromatic heterocycles. The van der Waals surface area contributed by atoms with Crippen LogP contribution in [0.3, 0.4) is 0 Å². The van der Waals surface area contributed by atoms with Crippen molar-refractivity contribution in [2.45, 2.75) is 149 Å². The van der Waals surface area contributed by atoms with Crippen LogP contribution in [-0.4, -0.2) is 46.5 Å². The molecule has 2 aromatic rings. The third-order valence-corrected chi connectivity index (χ3v) is 8.13. The molecule has 3 rings (SSSR count). The summed E-state index contributed by atoms with van der Waals surface area (Å²) in [6.07, 6.45) is 9.40. The molecule has 0 heterocycles. The van der Waals surface area contributed by atoms with Gasteiger partial charge in [-0.2, -0.15) is 6.92 Å². The summed E-state index contributed by atoms with van der Waals surface area (Å²) in [5, 5.41) is 22.5. The van der Waals surface area contributed by atoms with Gasteiger partial charge in [0.25, 0.3) is 0 Å². The molecule has 1 radical (unpaired) electrons. The van der Waals surface area contributed by atoms with Gasteiger partial charge in [0.05, 0.1) is 12.1 Å². The van der Waals surface area contributed by atoms with E-state index in [0.29, 0.717) is 11.5 Å². The SMILES string of the molecule is CC(C)(C)c1cc(C=N[C@H]2CCCC[C@@H]2N=Cc2cc(C(C)(C)C)cc(C(C)(C)C)c2O)c(O)c(C(C)(C)C)c1.C[C-]=O.O.[Co]. The zero-order chi connectivity index (χ0) is 33.0. The van der Waals surface area contributed by atoms with Crippen molar-refractivity contribution in [3.05, 3.63) is 57.6 Å². The number of phenols is 2. The number of benzene rings is 2. The molecule has 0 aliphatic heterocycles. The quantitative estimate of drug-likeness (QED) is 0.252. The topological polar surface area (TPSA) is 114 Å². The second-order valence-electron chi connectivity index (χ2n) is 16.1. The molecule has 2 aromatic carbocycles. The third kappa shape index (κ3) is 11.7. The van der Waals surface area contributed by atoms with E-state index in [-0.39, 0.29) is 56.0 Å². The van der Waals surface area contributed by atoms with E-state index in [1.54, 1.807) is 0 Å². The van der Waals surface area contributed by atoms with Crippen molar-refractivity contribution in [2.24, 2.45) is 9.98 Å². The molecule has 45 heavy (non-hydrogen) atoms. The number of rotatable bonds is 4. The molecule has 1 aliphatic carbocycles. The van der Waals surface area contributed by atoms with Gasteiger partial charge in [0.1, 0.15) is 11.5 Å². The van der Waals surface area contributed by atoms with Gasteiger partial charge in [0.15, 0.2) is 0 Å². The predicted octanol–water partition coefficient (Wildman–Crippen LogP) is 8.43. The van der Waals surface area contributed by atoms with Crippen molar-refractivity contribution in [1.29, 1.82) is 0 Å². The van der Waals surface area contributed by atoms with Crippen molar-refractivity contribution >= 4 is 18.7 Å². The van der Waals surface area contributed by atoms with E-state index >= 15 is 0 Å². The summed E-state index contributed by atoms with van der Waals surface area (Å²) >= 11 is 0. The Morgan fingerprint density at radius 1 is 0.644 bits per heavy atom. The van der Waals surface area contributed by atoms with E-state index in [0.717, 1.165) is 47.9 Å². The van der Waals surface area contributed by atoms with Crippen LogP contribution in [0, 0.1) is 0 Å². The maximum absolute atomic E-state index is 11.2. The molecule has 7 heteroatoms. The Morgan fingerprint density at radius 3 is 1.18 bits per heavy atom. The predicted molar refractivity (Wildman–Crippen MR) is 187 cm³/mol. The van der Waals surface area contributed by atoms with Crippen LogP contribution >= 0.6 is 0 Å². The first-order chi connectivity index (χ1) is 19.6. The first-order valence-corrected chi connectivity index (χ1v) is 15.7. The summed E-state index contributed by atoms with van der Waals surface area (Å²) < 4.78 is 0. The first kappa shape index (κ1) is 42.5. The smallest absolute Gasteiger partial charge is 0.128 e. The molecule has 1 aliphatic rings. The molecule has 1 saturated carbocycles. The van der Waals surface area contributed by atoms with E-state index < -0.39 is 0 Å². The van der Waals surface area contributed by atoms with Crippen molar-refractivity contribution in [3.8, 4) is 11.5 Å². The average Bonchev–Trinajstić information content (AvgIpc) is 2.85. The molecule has 0 saturated heterocycles. The van der Waals surface area contributed by atoms with E-state index in [1.807, 2.05) is 12.4 Å².